The molecule has 2 N–H and O–H groups in total. The van der Waals surface area contributed by atoms with Gasteiger partial charge in [0.2, 0.25) is 5.16 Å². The molecule has 3 aromatic heterocycles. The molecular formula is C15H10F3N5OS2. The highest BCUT2D eigenvalue weighted by Gasteiger charge is 2.31. The lowest BCUT2D eigenvalue weighted by Crippen LogP contribution is -2.11. The van der Waals surface area contributed by atoms with Crippen LogP contribution >= 0.6 is 23.1 Å². The van der Waals surface area contributed by atoms with Crippen molar-refractivity contribution in [3.63, 3.8) is 0 Å². The summed E-state index contributed by atoms with van der Waals surface area (Å²) in [6.45, 7) is 1.78. The molecule has 0 saturated carbocycles. The van der Waals surface area contributed by atoms with Crippen molar-refractivity contribution in [2.24, 2.45) is 0 Å². The van der Waals surface area contributed by atoms with Crippen LogP contribution in [0, 0.1) is 6.92 Å². The van der Waals surface area contributed by atoms with Crippen LogP contribution in [-0.4, -0.2) is 19.9 Å². The van der Waals surface area contributed by atoms with Crippen LogP contribution in [-0.2, 0) is 6.18 Å². The van der Waals surface area contributed by atoms with Crippen molar-refractivity contribution in [3.8, 4) is 11.4 Å². The lowest BCUT2D eigenvalue weighted by molar-refractivity contribution is -0.137. The number of nitrogen functional groups attached to an aromatic ring is 1. The second kappa shape index (κ2) is 6.02. The first-order valence-corrected chi connectivity index (χ1v) is 8.87. The SMILES string of the molecule is Cc1occc1-c1nnc(Sc2nc3cc(C(F)(F)F)ccc3s2)n1N. The topological polar surface area (TPSA) is 82.8 Å². The number of aromatic nitrogens is 4. The normalized spacial score (nSPS) is 12.2. The van der Waals surface area contributed by atoms with Crippen molar-refractivity contribution >= 4 is 33.3 Å². The van der Waals surface area contributed by atoms with Crippen molar-refractivity contribution < 1.29 is 17.6 Å². The van der Waals surface area contributed by atoms with Gasteiger partial charge in [0.1, 0.15) is 5.76 Å². The zero-order valence-corrected chi connectivity index (χ0v) is 14.7. The van der Waals surface area contributed by atoms with Crippen LogP contribution in [0.3, 0.4) is 0 Å². The fraction of sp³-hybridized carbons (Fsp3) is 0.133. The number of rotatable bonds is 3. The van der Waals surface area contributed by atoms with Gasteiger partial charge in [-0.2, -0.15) is 13.2 Å². The molecule has 11 heteroatoms. The summed E-state index contributed by atoms with van der Waals surface area (Å²) in [4.78, 5) is 4.24. The number of furan rings is 1. The van der Waals surface area contributed by atoms with Crippen LogP contribution in [0.2, 0.25) is 0 Å². The first-order chi connectivity index (χ1) is 12.3. The van der Waals surface area contributed by atoms with Crippen LogP contribution in [0.4, 0.5) is 13.2 Å². The molecule has 0 radical (unpaired) electrons. The predicted molar refractivity (Wildman–Crippen MR) is 91.4 cm³/mol. The van der Waals surface area contributed by atoms with Gasteiger partial charge in [0.25, 0.3) is 0 Å². The number of nitrogens with two attached hydrogens (primary N) is 1. The van der Waals surface area contributed by atoms with Gasteiger partial charge in [-0.1, -0.05) is 0 Å². The van der Waals surface area contributed by atoms with Gasteiger partial charge in [-0.15, -0.1) is 21.5 Å². The Morgan fingerprint density at radius 1 is 1.23 bits per heavy atom. The van der Waals surface area contributed by atoms with Crippen molar-refractivity contribution in [1.82, 2.24) is 19.9 Å². The Balaban J connectivity index is 1.66. The van der Waals surface area contributed by atoms with Gasteiger partial charge in [0, 0.05) is 0 Å². The van der Waals surface area contributed by atoms with E-state index in [1.807, 2.05) is 0 Å². The van der Waals surface area contributed by atoms with Crippen molar-refractivity contribution in [2.45, 2.75) is 22.6 Å². The molecule has 0 bridgehead atoms. The van der Waals surface area contributed by atoms with Gasteiger partial charge in [-0.25, -0.2) is 9.66 Å². The molecule has 0 aliphatic carbocycles. The molecule has 0 aliphatic rings. The quantitative estimate of drug-likeness (QED) is 0.518. The lowest BCUT2D eigenvalue weighted by Gasteiger charge is -2.04. The lowest BCUT2D eigenvalue weighted by atomic mass is 10.2. The van der Waals surface area contributed by atoms with Gasteiger partial charge >= 0.3 is 6.18 Å². The highest BCUT2D eigenvalue weighted by Crippen LogP contribution is 2.37. The number of thiazole rings is 1. The first-order valence-electron chi connectivity index (χ1n) is 7.23. The first kappa shape index (κ1) is 16.9. The highest BCUT2D eigenvalue weighted by atomic mass is 32.2. The molecule has 0 spiro atoms. The number of aryl methyl sites for hydroxylation is 1. The second-order valence-corrected chi connectivity index (χ2v) is 7.57. The van der Waals surface area contributed by atoms with E-state index in [0.29, 0.717) is 31.3 Å². The van der Waals surface area contributed by atoms with Crippen LogP contribution in [0.1, 0.15) is 11.3 Å². The summed E-state index contributed by atoms with van der Waals surface area (Å²) in [5.74, 6) is 7.13. The third-order valence-electron chi connectivity index (χ3n) is 3.64. The zero-order chi connectivity index (χ0) is 18.5. The number of fused-ring (bicyclic) bond motifs is 1. The van der Waals surface area contributed by atoms with Gasteiger partial charge < -0.3 is 10.3 Å². The maximum Gasteiger partial charge on any atom is 0.416 e. The van der Waals surface area contributed by atoms with Gasteiger partial charge in [-0.3, -0.25) is 0 Å². The Kier molecular flexibility index (Phi) is 3.92. The molecule has 0 saturated heterocycles. The third-order valence-corrected chi connectivity index (χ3v) is 5.70. The van der Waals surface area contributed by atoms with E-state index in [4.69, 9.17) is 10.3 Å². The van der Waals surface area contributed by atoms with E-state index < -0.39 is 11.7 Å². The summed E-state index contributed by atoms with van der Waals surface area (Å²) in [5.41, 5.74) is 0.263. The molecule has 3 heterocycles. The molecule has 0 aliphatic heterocycles. The van der Waals surface area contributed by atoms with Crippen LogP contribution in [0.25, 0.3) is 21.6 Å². The van der Waals surface area contributed by atoms with Crippen LogP contribution < -0.4 is 5.84 Å². The minimum absolute atomic E-state index is 0.279. The Labute approximate surface area is 152 Å². The molecule has 4 aromatic rings. The number of nitrogens with zero attached hydrogens (tertiary/aromatic N) is 4. The molecule has 6 nitrogen and oxygen atoms in total. The number of alkyl halides is 3. The summed E-state index contributed by atoms with van der Waals surface area (Å²) in [6.07, 6.45) is -2.88. The van der Waals surface area contributed by atoms with E-state index in [9.17, 15) is 13.2 Å². The molecule has 1 aromatic carbocycles. The summed E-state index contributed by atoms with van der Waals surface area (Å²) in [7, 11) is 0. The minimum atomic E-state index is -4.40. The summed E-state index contributed by atoms with van der Waals surface area (Å²) in [5, 5.41) is 8.45. The standard InChI is InChI=1S/C15H10F3N5OS2/c1-7-9(4-5-24-7)12-21-22-13(23(12)19)26-14-20-10-6-8(15(16,17)18)2-3-11(10)25-14/h2-6H,19H2,1H3. The molecule has 4 rings (SSSR count). The Hall–Kier alpha value is -2.53. The predicted octanol–water partition coefficient (Wildman–Crippen LogP) is 4.34. The molecule has 0 amide bonds. The molecule has 26 heavy (non-hydrogen) atoms. The Morgan fingerprint density at radius 3 is 2.73 bits per heavy atom. The molecule has 0 fully saturated rings. The van der Waals surface area contributed by atoms with E-state index in [1.54, 1.807) is 13.0 Å². The molecule has 0 unspecified atom stereocenters. The van der Waals surface area contributed by atoms with Crippen LogP contribution in [0.15, 0.2) is 44.4 Å². The average molecular weight is 397 g/mol. The summed E-state index contributed by atoms with van der Waals surface area (Å²) in [6, 6.07) is 5.21. The maximum absolute atomic E-state index is 12.8. The van der Waals surface area contributed by atoms with Crippen molar-refractivity contribution in [1.29, 1.82) is 0 Å². The molecule has 0 atom stereocenters. The minimum Gasteiger partial charge on any atom is -0.469 e. The zero-order valence-electron chi connectivity index (χ0n) is 13.1. The van der Waals surface area contributed by atoms with E-state index in [-0.39, 0.29) is 5.52 Å². The second-order valence-electron chi connectivity index (χ2n) is 5.33. The van der Waals surface area contributed by atoms with Gasteiger partial charge in [0.15, 0.2) is 10.2 Å². The summed E-state index contributed by atoms with van der Waals surface area (Å²) >= 11 is 2.40. The number of benzene rings is 1. The van der Waals surface area contributed by atoms with Crippen LogP contribution in [0.5, 0.6) is 0 Å². The number of halogens is 3. The fourth-order valence-corrected chi connectivity index (χ4v) is 4.26. The molecular weight excluding hydrogens is 387 g/mol. The average Bonchev–Trinajstić information content (AvgIpc) is 3.26. The van der Waals surface area contributed by atoms with E-state index in [2.05, 4.69) is 15.2 Å². The fourth-order valence-electron chi connectivity index (χ4n) is 2.35. The largest absolute Gasteiger partial charge is 0.469 e. The van der Waals surface area contributed by atoms with Crippen molar-refractivity contribution in [3.05, 3.63) is 41.9 Å². The monoisotopic (exact) mass is 397 g/mol. The van der Waals surface area contributed by atoms with Gasteiger partial charge in [0.05, 0.1) is 27.6 Å². The van der Waals surface area contributed by atoms with Crippen molar-refractivity contribution in [2.75, 3.05) is 5.84 Å². The Bertz CT molecular complexity index is 1100. The van der Waals surface area contributed by atoms with E-state index >= 15 is 0 Å². The molecule has 134 valence electrons. The third kappa shape index (κ3) is 2.92. The highest BCUT2D eigenvalue weighted by molar-refractivity contribution is 8.01. The van der Waals surface area contributed by atoms with E-state index in [1.165, 1.54) is 28.3 Å². The maximum atomic E-state index is 12.8. The number of hydrogen-bond donors (Lipinski definition) is 1. The number of hydrogen-bond acceptors (Lipinski definition) is 7. The van der Waals surface area contributed by atoms with Gasteiger partial charge in [-0.05, 0) is 43.0 Å². The summed E-state index contributed by atoms with van der Waals surface area (Å²) < 4.78 is 46.2. The van der Waals surface area contributed by atoms with E-state index in [0.717, 1.165) is 23.9 Å². The Morgan fingerprint density at radius 2 is 2.04 bits per heavy atom. The smallest absolute Gasteiger partial charge is 0.416 e.